The molecule has 1 fully saturated rings. The molecule has 2 aromatic rings. The van der Waals surface area contributed by atoms with E-state index >= 15 is 0 Å². The van der Waals surface area contributed by atoms with Crippen molar-refractivity contribution in [3.63, 3.8) is 0 Å². The normalized spacial score (nSPS) is 17.9. The molecule has 10 heteroatoms. The summed E-state index contributed by atoms with van der Waals surface area (Å²) in [7, 11) is 0. The molecule has 2 aliphatic heterocycles. The SMILES string of the molecule is O=C1CCC(N2Cc3ccc(CNC(=O)Nc4cc(Cl)ccc4Cl)cc3C2=O)C(=O)N1. The first-order chi connectivity index (χ1) is 14.8. The third kappa shape index (κ3) is 4.50. The summed E-state index contributed by atoms with van der Waals surface area (Å²) in [6, 6.07) is 8.94. The van der Waals surface area contributed by atoms with Crippen molar-refractivity contribution in [2.75, 3.05) is 5.32 Å². The second kappa shape index (κ2) is 8.56. The summed E-state index contributed by atoms with van der Waals surface area (Å²) in [5.74, 6) is -1.03. The zero-order chi connectivity index (χ0) is 22.1. The standard InChI is InChI=1S/C21H18Cl2N4O4/c22-13-3-4-15(23)16(8-13)25-21(31)24-9-11-1-2-12-10-27(20(30)14(12)7-11)17-5-6-18(28)26-19(17)29/h1-4,7-8,17H,5-6,9-10H2,(H2,24,25,31)(H,26,28,29). The van der Waals surface area contributed by atoms with Crippen molar-refractivity contribution in [2.45, 2.75) is 32.0 Å². The molecule has 2 aromatic carbocycles. The molecule has 0 aliphatic carbocycles. The van der Waals surface area contributed by atoms with Gasteiger partial charge >= 0.3 is 6.03 Å². The number of nitrogens with zero attached hydrogens (tertiary/aromatic N) is 1. The van der Waals surface area contributed by atoms with E-state index in [9.17, 15) is 19.2 Å². The van der Waals surface area contributed by atoms with E-state index in [1.165, 1.54) is 4.90 Å². The van der Waals surface area contributed by atoms with Crippen LogP contribution in [0.2, 0.25) is 10.0 Å². The molecule has 1 unspecified atom stereocenters. The molecule has 2 heterocycles. The molecule has 0 spiro atoms. The minimum Gasteiger partial charge on any atom is -0.334 e. The largest absolute Gasteiger partial charge is 0.334 e. The number of urea groups is 1. The number of anilines is 1. The average Bonchev–Trinajstić information content (AvgIpc) is 3.05. The number of carbonyl (C=O) groups is 4. The molecule has 0 aromatic heterocycles. The van der Waals surface area contributed by atoms with E-state index in [0.717, 1.165) is 11.1 Å². The molecule has 5 amide bonds. The van der Waals surface area contributed by atoms with E-state index in [2.05, 4.69) is 16.0 Å². The zero-order valence-corrected chi connectivity index (χ0v) is 17.7. The average molecular weight is 461 g/mol. The number of imide groups is 1. The van der Waals surface area contributed by atoms with Crippen molar-refractivity contribution < 1.29 is 19.2 Å². The monoisotopic (exact) mass is 460 g/mol. The van der Waals surface area contributed by atoms with Gasteiger partial charge in [-0.05, 0) is 41.8 Å². The second-order valence-corrected chi connectivity index (χ2v) is 8.17. The van der Waals surface area contributed by atoms with E-state index < -0.39 is 18.0 Å². The minimum atomic E-state index is -0.660. The van der Waals surface area contributed by atoms with Crippen LogP contribution in [-0.4, -0.2) is 34.7 Å². The predicted molar refractivity (Wildman–Crippen MR) is 115 cm³/mol. The maximum absolute atomic E-state index is 12.9. The fourth-order valence-electron chi connectivity index (χ4n) is 3.65. The van der Waals surface area contributed by atoms with Crippen LogP contribution < -0.4 is 16.0 Å². The highest BCUT2D eigenvalue weighted by Gasteiger charge is 2.39. The van der Waals surface area contributed by atoms with Crippen LogP contribution in [0.5, 0.6) is 0 Å². The molecule has 1 atom stereocenters. The Morgan fingerprint density at radius 3 is 2.71 bits per heavy atom. The summed E-state index contributed by atoms with van der Waals surface area (Å²) in [5, 5.41) is 8.42. The van der Waals surface area contributed by atoms with Gasteiger partial charge in [-0.25, -0.2) is 4.79 Å². The van der Waals surface area contributed by atoms with Gasteiger partial charge in [-0.2, -0.15) is 0 Å². The molecule has 160 valence electrons. The molecule has 0 bridgehead atoms. The number of amides is 5. The molecule has 8 nitrogen and oxygen atoms in total. The van der Waals surface area contributed by atoms with Gasteiger partial charge in [0.05, 0.1) is 10.7 Å². The van der Waals surface area contributed by atoms with Crippen molar-refractivity contribution in [1.82, 2.24) is 15.5 Å². The minimum absolute atomic E-state index is 0.184. The first kappa shape index (κ1) is 21.1. The van der Waals surface area contributed by atoms with E-state index in [-0.39, 0.29) is 24.8 Å². The van der Waals surface area contributed by atoms with Gasteiger partial charge in [0.1, 0.15) is 6.04 Å². The number of benzene rings is 2. The molecular weight excluding hydrogens is 443 g/mol. The van der Waals surface area contributed by atoms with Crippen molar-refractivity contribution in [1.29, 1.82) is 0 Å². The molecule has 31 heavy (non-hydrogen) atoms. The number of rotatable bonds is 4. The van der Waals surface area contributed by atoms with E-state index in [1.807, 2.05) is 12.1 Å². The lowest BCUT2D eigenvalue weighted by atomic mass is 10.0. The van der Waals surface area contributed by atoms with Gasteiger partial charge in [0.2, 0.25) is 11.8 Å². The molecule has 0 saturated carbocycles. The summed E-state index contributed by atoms with van der Waals surface area (Å²) in [5.41, 5.74) is 2.40. The Kier molecular flexibility index (Phi) is 5.84. The fourth-order valence-corrected chi connectivity index (χ4v) is 3.99. The van der Waals surface area contributed by atoms with Gasteiger partial charge in [0, 0.05) is 30.1 Å². The first-order valence-corrected chi connectivity index (χ1v) is 10.3. The van der Waals surface area contributed by atoms with Crippen LogP contribution in [0.15, 0.2) is 36.4 Å². The number of carbonyl (C=O) groups excluding carboxylic acids is 4. The summed E-state index contributed by atoms with van der Waals surface area (Å²) in [6.45, 7) is 0.491. The van der Waals surface area contributed by atoms with E-state index in [4.69, 9.17) is 23.2 Å². The Morgan fingerprint density at radius 2 is 1.94 bits per heavy atom. The first-order valence-electron chi connectivity index (χ1n) is 9.58. The Bertz CT molecular complexity index is 1100. The van der Waals surface area contributed by atoms with E-state index in [0.29, 0.717) is 34.3 Å². The molecule has 1 saturated heterocycles. The maximum atomic E-state index is 12.9. The van der Waals surface area contributed by atoms with E-state index in [1.54, 1.807) is 24.3 Å². The molecule has 3 N–H and O–H groups in total. The number of halogens is 2. The van der Waals surface area contributed by atoms with Crippen LogP contribution in [0, 0.1) is 0 Å². The van der Waals surface area contributed by atoms with Gasteiger partial charge in [0.15, 0.2) is 0 Å². The molecular formula is C21H18Cl2N4O4. The van der Waals surface area contributed by atoms with Crippen LogP contribution in [0.1, 0.15) is 34.3 Å². The Hall–Kier alpha value is -3.10. The lowest BCUT2D eigenvalue weighted by Gasteiger charge is -2.29. The smallest absolute Gasteiger partial charge is 0.319 e. The topological polar surface area (TPSA) is 108 Å². The van der Waals surface area contributed by atoms with Gasteiger partial charge < -0.3 is 15.5 Å². The molecule has 2 aliphatic rings. The Labute approximate surface area is 187 Å². The van der Waals surface area contributed by atoms with Crippen LogP contribution in [0.3, 0.4) is 0 Å². The zero-order valence-electron chi connectivity index (χ0n) is 16.2. The lowest BCUT2D eigenvalue weighted by Crippen LogP contribution is -2.52. The van der Waals surface area contributed by atoms with Crippen LogP contribution in [0.4, 0.5) is 10.5 Å². The van der Waals surface area contributed by atoms with Crippen LogP contribution in [0.25, 0.3) is 0 Å². The molecule has 4 rings (SSSR count). The quantitative estimate of drug-likeness (QED) is 0.609. The summed E-state index contributed by atoms with van der Waals surface area (Å²) >= 11 is 12.0. The third-order valence-corrected chi connectivity index (χ3v) is 5.79. The van der Waals surface area contributed by atoms with Crippen molar-refractivity contribution >= 4 is 52.6 Å². The number of fused-ring (bicyclic) bond motifs is 1. The van der Waals surface area contributed by atoms with Crippen molar-refractivity contribution in [2.24, 2.45) is 0 Å². The second-order valence-electron chi connectivity index (χ2n) is 7.32. The fraction of sp³-hybridized carbons (Fsp3) is 0.238. The third-order valence-electron chi connectivity index (χ3n) is 5.22. The summed E-state index contributed by atoms with van der Waals surface area (Å²) in [6.07, 6.45) is 0.516. The highest BCUT2D eigenvalue weighted by molar-refractivity contribution is 6.35. The van der Waals surface area contributed by atoms with Gasteiger partial charge in [0.25, 0.3) is 5.91 Å². The predicted octanol–water partition coefficient (Wildman–Crippen LogP) is 3.08. The summed E-state index contributed by atoms with van der Waals surface area (Å²) < 4.78 is 0. The van der Waals surface area contributed by atoms with Gasteiger partial charge in [-0.3, -0.25) is 19.7 Å². The number of hydrogen-bond donors (Lipinski definition) is 3. The van der Waals surface area contributed by atoms with Crippen molar-refractivity contribution in [3.05, 3.63) is 63.1 Å². The number of hydrogen-bond acceptors (Lipinski definition) is 4. The summed E-state index contributed by atoms with van der Waals surface area (Å²) in [4.78, 5) is 50.0. The van der Waals surface area contributed by atoms with Gasteiger partial charge in [-0.1, -0.05) is 35.3 Å². The lowest BCUT2D eigenvalue weighted by molar-refractivity contribution is -0.136. The highest BCUT2D eigenvalue weighted by Crippen LogP contribution is 2.28. The number of nitrogens with one attached hydrogen (secondary N) is 3. The maximum Gasteiger partial charge on any atom is 0.319 e. The highest BCUT2D eigenvalue weighted by atomic mass is 35.5. The Balaban J connectivity index is 1.40. The van der Waals surface area contributed by atoms with Gasteiger partial charge in [-0.15, -0.1) is 0 Å². The number of piperidine rings is 1. The van der Waals surface area contributed by atoms with Crippen molar-refractivity contribution in [3.8, 4) is 0 Å². The molecule has 0 radical (unpaired) electrons. The van der Waals surface area contributed by atoms with Crippen LogP contribution >= 0.6 is 23.2 Å². The Morgan fingerprint density at radius 1 is 1.13 bits per heavy atom. The van der Waals surface area contributed by atoms with Crippen LogP contribution in [-0.2, 0) is 22.7 Å².